The van der Waals surface area contributed by atoms with E-state index in [1.165, 1.54) is 33.4 Å². The molecule has 0 saturated heterocycles. The van der Waals surface area contributed by atoms with Crippen LogP contribution < -0.4 is 11.1 Å². The van der Waals surface area contributed by atoms with Gasteiger partial charge in [-0.05, 0) is 116 Å². The molecule has 4 rings (SSSR count). The van der Waals surface area contributed by atoms with Crippen molar-refractivity contribution in [2.45, 2.75) is 72.9 Å². The summed E-state index contributed by atoms with van der Waals surface area (Å²) in [5.74, 6) is -0.166. The van der Waals surface area contributed by atoms with Crippen LogP contribution in [0.15, 0.2) is 96.6 Å². The number of carboxylic acids is 1. The molecule has 4 N–H and O–H groups in total. The molecule has 4 aromatic carbocycles. The summed E-state index contributed by atoms with van der Waals surface area (Å²) in [6, 6.07) is 30.5. The minimum Gasteiger partial charge on any atom is -0.478 e. The molecule has 2 atom stereocenters. The molecule has 4 aromatic rings. The highest BCUT2D eigenvalue weighted by atomic mass is 16.4. The van der Waals surface area contributed by atoms with Gasteiger partial charge in [-0.15, -0.1) is 0 Å². The van der Waals surface area contributed by atoms with Gasteiger partial charge in [0.05, 0.1) is 5.56 Å². The summed E-state index contributed by atoms with van der Waals surface area (Å²) < 4.78 is 0. The monoisotopic (exact) mass is 574 g/mol. The molecule has 4 heteroatoms. The number of para-hydroxylation sites is 1. The second-order valence-corrected chi connectivity index (χ2v) is 12.6. The lowest BCUT2D eigenvalue weighted by Crippen LogP contribution is -2.36. The minimum absolute atomic E-state index is 0.243. The van der Waals surface area contributed by atoms with Crippen molar-refractivity contribution in [2.24, 2.45) is 5.92 Å². The Kier molecular flexibility index (Phi) is 9.93. The van der Waals surface area contributed by atoms with Crippen molar-refractivity contribution in [3.05, 3.63) is 130 Å². The molecule has 0 aliphatic carbocycles. The summed E-state index contributed by atoms with van der Waals surface area (Å²) in [5.41, 5.74) is 17.7. The Hall–Kier alpha value is -4.15. The SMILES string of the molecule is CC(C)=C(C)c1cc(C(C)(C)NCc2ccccc2N)ccc1C(C)C(C)Cc1ccc(-c2ccccc2C(=O)O)cc1. The lowest BCUT2D eigenvalue weighted by molar-refractivity contribution is 0.0697. The molecular formula is C39H46N2O2. The summed E-state index contributed by atoms with van der Waals surface area (Å²) >= 11 is 0. The third-order valence-electron chi connectivity index (χ3n) is 9.03. The Bertz CT molecular complexity index is 1610. The van der Waals surface area contributed by atoms with E-state index in [-0.39, 0.29) is 5.54 Å². The number of anilines is 1. The average Bonchev–Trinajstić information content (AvgIpc) is 3.00. The van der Waals surface area contributed by atoms with Crippen molar-refractivity contribution in [2.75, 3.05) is 5.73 Å². The second kappa shape index (κ2) is 13.4. The second-order valence-electron chi connectivity index (χ2n) is 12.6. The molecular weight excluding hydrogens is 528 g/mol. The predicted octanol–water partition coefficient (Wildman–Crippen LogP) is 9.45. The summed E-state index contributed by atoms with van der Waals surface area (Å²) in [6.45, 7) is 16.4. The number of allylic oxidation sites excluding steroid dienone is 2. The number of hydrogen-bond donors (Lipinski definition) is 3. The van der Waals surface area contributed by atoms with Crippen LogP contribution in [0.1, 0.15) is 92.6 Å². The first kappa shape index (κ1) is 31.8. The number of benzene rings is 4. The molecule has 0 fully saturated rings. The van der Waals surface area contributed by atoms with Gasteiger partial charge in [-0.1, -0.05) is 92.2 Å². The number of rotatable bonds is 11. The standard InChI is InChI=1S/C39H46N2O2/c1-25(2)27(4)36-23-32(39(6,7)41-24-31-12-8-11-15-37(31)40)20-21-33(36)28(5)26(3)22-29-16-18-30(19-17-29)34-13-9-10-14-35(34)38(42)43/h8-21,23,26,28,41H,22,24,40H2,1-7H3,(H,42,43). The van der Waals surface area contributed by atoms with Crippen molar-refractivity contribution in [1.82, 2.24) is 5.32 Å². The van der Waals surface area contributed by atoms with Gasteiger partial charge in [0, 0.05) is 17.8 Å². The smallest absolute Gasteiger partial charge is 0.336 e. The van der Waals surface area contributed by atoms with Crippen molar-refractivity contribution < 1.29 is 9.90 Å². The molecule has 0 amide bonds. The fraction of sp³-hybridized carbons (Fsp3) is 0.308. The molecule has 2 unspecified atom stereocenters. The van der Waals surface area contributed by atoms with Crippen LogP contribution in [0.4, 0.5) is 5.69 Å². The van der Waals surface area contributed by atoms with E-state index < -0.39 is 5.97 Å². The quantitative estimate of drug-likeness (QED) is 0.156. The maximum Gasteiger partial charge on any atom is 0.336 e. The first-order valence-electron chi connectivity index (χ1n) is 15.2. The average molecular weight is 575 g/mol. The highest BCUT2D eigenvalue weighted by Crippen LogP contribution is 2.36. The number of nitrogen functional groups attached to an aromatic ring is 1. The van der Waals surface area contributed by atoms with Crippen LogP contribution in [0.5, 0.6) is 0 Å². The summed E-state index contributed by atoms with van der Waals surface area (Å²) in [7, 11) is 0. The highest BCUT2D eigenvalue weighted by molar-refractivity contribution is 5.96. The lowest BCUT2D eigenvalue weighted by atomic mass is 9.79. The van der Waals surface area contributed by atoms with E-state index in [0.717, 1.165) is 28.8 Å². The summed E-state index contributed by atoms with van der Waals surface area (Å²) in [6.07, 6.45) is 0.933. The molecule has 0 aliphatic rings. The lowest BCUT2D eigenvalue weighted by Gasteiger charge is -2.30. The van der Waals surface area contributed by atoms with Crippen LogP contribution in [0.2, 0.25) is 0 Å². The molecule has 0 aromatic heterocycles. The fourth-order valence-electron chi connectivity index (χ4n) is 5.65. The topological polar surface area (TPSA) is 75.3 Å². The molecule has 0 radical (unpaired) electrons. The van der Waals surface area contributed by atoms with Gasteiger partial charge in [-0.3, -0.25) is 0 Å². The zero-order valence-corrected chi connectivity index (χ0v) is 26.7. The molecule has 0 aliphatic heterocycles. The van der Waals surface area contributed by atoms with Crippen LogP contribution >= 0.6 is 0 Å². The number of nitrogens with two attached hydrogens (primary N) is 1. The first-order valence-corrected chi connectivity index (χ1v) is 15.2. The van der Waals surface area contributed by atoms with Gasteiger partial charge in [-0.25, -0.2) is 4.79 Å². The molecule has 0 heterocycles. The van der Waals surface area contributed by atoms with Crippen molar-refractivity contribution in [3.63, 3.8) is 0 Å². The Morgan fingerprint density at radius 2 is 1.51 bits per heavy atom. The van der Waals surface area contributed by atoms with E-state index in [2.05, 4.69) is 90.2 Å². The number of nitrogens with one attached hydrogen (secondary N) is 1. The molecule has 43 heavy (non-hydrogen) atoms. The van der Waals surface area contributed by atoms with Gasteiger partial charge in [0.25, 0.3) is 0 Å². The third kappa shape index (κ3) is 7.44. The predicted molar refractivity (Wildman–Crippen MR) is 181 cm³/mol. The Balaban J connectivity index is 1.56. The van der Waals surface area contributed by atoms with Crippen LogP contribution in [0.3, 0.4) is 0 Å². The van der Waals surface area contributed by atoms with Gasteiger partial charge in [0.2, 0.25) is 0 Å². The van der Waals surface area contributed by atoms with E-state index in [9.17, 15) is 9.90 Å². The van der Waals surface area contributed by atoms with Gasteiger partial charge >= 0.3 is 5.97 Å². The maximum atomic E-state index is 11.7. The summed E-state index contributed by atoms with van der Waals surface area (Å²) in [4.78, 5) is 11.7. The third-order valence-corrected chi connectivity index (χ3v) is 9.03. The van der Waals surface area contributed by atoms with E-state index >= 15 is 0 Å². The van der Waals surface area contributed by atoms with E-state index in [4.69, 9.17) is 5.73 Å². The van der Waals surface area contributed by atoms with Gasteiger partial charge < -0.3 is 16.2 Å². The molecule has 0 saturated carbocycles. The van der Waals surface area contributed by atoms with Gasteiger partial charge in [0.15, 0.2) is 0 Å². The number of hydrogen-bond acceptors (Lipinski definition) is 3. The van der Waals surface area contributed by atoms with Crippen molar-refractivity contribution >= 4 is 17.2 Å². The molecule has 4 nitrogen and oxygen atoms in total. The van der Waals surface area contributed by atoms with E-state index in [0.29, 0.717) is 23.9 Å². The largest absolute Gasteiger partial charge is 0.478 e. The normalized spacial score (nSPS) is 12.9. The highest BCUT2D eigenvalue weighted by Gasteiger charge is 2.25. The van der Waals surface area contributed by atoms with Crippen molar-refractivity contribution in [3.8, 4) is 11.1 Å². The Labute approximate surface area is 257 Å². The number of carboxylic acid groups (broad SMARTS) is 1. The van der Waals surface area contributed by atoms with Crippen LogP contribution in [-0.2, 0) is 18.5 Å². The fourth-order valence-corrected chi connectivity index (χ4v) is 5.65. The van der Waals surface area contributed by atoms with Crippen molar-refractivity contribution in [1.29, 1.82) is 0 Å². The minimum atomic E-state index is -0.907. The molecule has 0 bridgehead atoms. The first-order chi connectivity index (χ1) is 20.4. The Morgan fingerprint density at radius 3 is 2.16 bits per heavy atom. The zero-order chi connectivity index (χ0) is 31.3. The van der Waals surface area contributed by atoms with Crippen LogP contribution in [-0.4, -0.2) is 11.1 Å². The molecule has 224 valence electrons. The molecule has 0 spiro atoms. The van der Waals surface area contributed by atoms with Gasteiger partial charge in [0.1, 0.15) is 0 Å². The van der Waals surface area contributed by atoms with Gasteiger partial charge in [-0.2, -0.15) is 0 Å². The van der Waals surface area contributed by atoms with E-state index in [1.807, 2.05) is 42.5 Å². The zero-order valence-electron chi connectivity index (χ0n) is 26.7. The van der Waals surface area contributed by atoms with E-state index in [1.54, 1.807) is 12.1 Å². The maximum absolute atomic E-state index is 11.7. The number of aromatic carboxylic acids is 1. The van der Waals surface area contributed by atoms with Crippen LogP contribution in [0.25, 0.3) is 16.7 Å². The summed E-state index contributed by atoms with van der Waals surface area (Å²) in [5, 5.41) is 13.3. The number of carbonyl (C=O) groups is 1. The Morgan fingerprint density at radius 1 is 0.860 bits per heavy atom. The van der Waals surface area contributed by atoms with Crippen LogP contribution in [0, 0.1) is 5.92 Å².